The van der Waals surface area contributed by atoms with E-state index in [-0.39, 0.29) is 12.2 Å². The average molecular weight is 386 g/mol. The summed E-state index contributed by atoms with van der Waals surface area (Å²) in [7, 11) is 0. The molecule has 6 nitrogen and oxygen atoms in total. The largest absolute Gasteiger partial charge is 0.488 e. The highest BCUT2D eigenvalue weighted by molar-refractivity contribution is 5.98. The highest BCUT2D eigenvalue weighted by Gasteiger charge is 2.23. The zero-order valence-corrected chi connectivity index (χ0v) is 15.6. The molecule has 8 heteroatoms. The molecule has 0 amide bonds. The van der Waals surface area contributed by atoms with Gasteiger partial charge in [0.05, 0.1) is 5.71 Å². The van der Waals surface area contributed by atoms with Crippen LogP contribution in [0.2, 0.25) is 0 Å². The van der Waals surface area contributed by atoms with E-state index < -0.39 is 5.92 Å². The molecule has 0 aliphatic carbocycles. The van der Waals surface area contributed by atoms with E-state index >= 15 is 0 Å². The van der Waals surface area contributed by atoms with Crippen molar-refractivity contribution in [1.29, 1.82) is 0 Å². The third-order valence-corrected chi connectivity index (χ3v) is 4.07. The van der Waals surface area contributed by atoms with Crippen LogP contribution in [0.3, 0.4) is 0 Å². The molecule has 1 aliphatic heterocycles. The molecule has 0 fully saturated rings. The molecule has 0 atom stereocenters. The molecule has 2 aromatic rings. The lowest BCUT2D eigenvalue weighted by atomic mass is 10.1. The molecule has 0 saturated heterocycles. The summed E-state index contributed by atoms with van der Waals surface area (Å²) in [5, 5.41) is 15.2. The Morgan fingerprint density at radius 3 is 2.39 bits per heavy atom. The summed E-state index contributed by atoms with van der Waals surface area (Å²) >= 11 is 0. The summed E-state index contributed by atoms with van der Waals surface area (Å²) in [6.07, 6.45) is 0. The van der Waals surface area contributed by atoms with Crippen LogP contribution in [0.1, 0.15) is 30.5 Å². The van der Waals surface area contributed by atoms with E-state index in [1.54, 1.807) is 12.1 Å². The van der Waals surface area contributed by atoms with E-state index in [0.29, 0.717) is 24.6 Å². The number of hydrogen-bond donors (Lipinski definition) is 0. The first kappa shape index (κ1) is 19.6. The number of benzene rings is 2. The van der Waals surface area contributed by atoms with Gasteiger partial charge in [0.15, 0.2) is 0 Å². The SMILES string of the molecule is C/C(=N\OCc1ccc(C(C)(F)F)cc1)c1ccc(OCC2=NN=NC2)cc1. The predicted octanol–water partition coefficient (Wildman–Crippen LogP) is 4.94. The smallest absolute Gasteiger partial charge is 0.270 e. The number of halogens is 2. The Bertz CT molecular complexity index is 886. The summed E-state index contributed by atoms with van der Waals surface area (Å²) in [6, 6.07) is 13.4. The lowest BCUT2D eigenvalue weighted by Gasteiger charge is -2.10. The van der Waals surface area contributed by atoms with Gasteiger partial charge in [-0.3, -0.25) is 0 Å². The molecule has 0 unspecified atom stereocenters. The van der Waals surface area contributed by atoms with E-state index in [1.165, 1.54) is 12.1 Å². The van der Waals surface area contributed by atoms with Crippen molar-refractivity contribution in [1.82, 2.24) is 0 Å². The van der Waals surface area contributed by atoms with Gasteiger partial charge in [-0.1, -0.05) is 29.4 Å². The zero-order valence-electron chi connectivity index (χ0n) is 15.6. The number of oxime groups is 1. The molecule has 0 N–H and O–H groups in total. The van der Waals surface area contributed by atoms with Crippen molar-refractivity contribution < 1.29 is 18.4 Å². The topological polar surface area (TPSA) is 67.9 Å². The number of alkyl halides is 2. The molecule has 1 aliphatic rings. The van der Waals surface area contributed by atoms with Gasteiger partial charge in [0, 0.05) is 12.5 Å². The van der Waals surface area contributed by atoms with E-state index in [2.05, 4.69) is 20.6 Å². The first-order valence-electron chi connectivity index (χ1n) is 8.71. The zero-order chi connectivity index (χ0) is 20.0. The highest BCUT2D eigenvalue weighted by atomic mass is 19.3. The molecule has 0 saturated carbocycles. The number of nitrogens with zero attached hydrogens (tertiary/aromatic N) is 4. The normalized spacial score (nSPS) is 14.1. The molecule has 146 valence electrons. The molecule has 1 heterocycles. The maximum absolute atomic E-state index is 13.2. The summed E-state index contributed by atoms with van der Waals surface area (Å²) < 4.78 is 32.0. The fourth-order valence-electron chi connectivity index (χ4n) is 2.42. The van der Waals surface area contributed by atoms with E-state index in [0.717, 1.165) is 23.8 Å². The molecule has 2 aromatic carbocycles. The summed E-state index contributed by atoms with van der Waals surface area (Å²) in [5.74, 6) is -2.14. The minimum atomic E-state index is -2.85. The van der Waals surface area contributed by atoms with E-state index in [4.69, 9.17) is 9.57 Å². The van der Waals surface area contributed by atoms with Crippen LogP contribution in [-0.2, 0) is 17.4 Å². The van der Waals surface area contributed by atoms with E-state index in [9.17, 15) is 8.78 Å². The fraction of sp³-hybridized carbons (Fsp3) is 0.300. The van der Waals surface area contributed by atoms with Gasteiger partial charge in [0.25, 0.3) is 5.92 Å². The van der Waals surface area contributed by atoms with Gasteiger partial charge in [-0.05, 0) is 47.5 Å². The van der Waals surface area contributed by atoms with Crippen LogP contribution in [0.4, 0.5) is 8.78 Å². The van der Waals surface area contributed by atoms with Crippen LogP contribution in [0.15, 0.2) is 69.1 Å². The molecule has 0 radical (unpaired) electrons. The summed E-state index contributed by atoms with van der Waals surface area (Å²) in [5.41, 5.74) is 3.10. The van der Waals surface area contributed by atoms with Crippen LogP contribution >= 0.6 is 0 Å². The molecule has 0 spiro atoms. The van der Waals surface area contributed by atoms with Crippen LogP contribution in [0, 0.1) is 0 Å². The number of hydrogen-bond acceptors (Lipinski definition) is 6. The minimum absolute atomic E-state index is 0.0259. The van der Waals surface area contributed by atoms with Crippen molar-refractivity contribution in [3.63, 3.8) is 0 Å². The van der Waals surface area contributed by atoms with Crippen molar-refractivity contribution in [3.05, 3.63) is 65.2 Å². The highest BCUT2D eigenvalue weighted by Crippen LogP contribution is 2.26. The Morgan fingerprint density at radius 2 is 1.79 bits per heavy atom. The Morgan fingerprint density at radius 1 is 1.07 bits per heavy atom. The van der Waals surface area contributed by atoms with Crippen molar-refractivity contribution in [3.8, 4) is 5.75 Å². The third kappa shape index (κ3) is 5.42. The molecular formula is C20H20F2N4O2. The lowest BCUT2D eigenvalue weighted by Crippen LogP contribution is -2.12. The quantitative estimate of drug-likeness (QED) is 0.476. The van der Waals surface area contributed by atoms with Gasteiger partial charge in [0.2, 0.25) is 0 Å². The van der Waals surface area contributed by atoms with Gasteiger partial charge in [-0.2, -0.15) is 5.11 Å². The third-order valence-electron chi connectivity index (χ3n) is 4.07. The van der Waals surface area contributed by atoms with Gasteiger partial charge >= 0.3 is 0 Å². The van der Waals surface area contributed by atoms with Crippen LogP contribution in [0.5, 0.6) is 5.75 Å². The van der Waals surface area contributed by atoms with Crippen LogP contribution in [-0.4, -0.2) is 24.6 Å². The predicted molar refractivity (Wildman–Crippen MR) is 102 cm³/mol. The maximum Gasteiger partial charge on any atom is 0.270 e. The first-order valence-corrected chi connectivity index (χ1v) is 8.71. The van der Waals surface area contributed by atoms with Gasteiger partial charge < -0.3 is 9.57 Å². The van der Waals surface area contributed by atoms with Crippen molar-refractivity contribution >= 4 is 11.4 Å². The Labute approximate surface area is 161 Å². The molecule has 28 heavy (non-hydrogen) atoms. The second-order valence-electron chi connectivity index (χ2n) is 6.40. The number of rotatable bonds is 8. The first-order chi connectivity index (χ1) is 13.4. The Balaban J connectivity index is 1.50. The van der Waals surface area contributed by atoms with Gasteiger partial charge in [-0.25, -0.2) is 8.78 Å². The minimum Gasteiger partial charge on any atom is -0.488 e. The summed E-state index contributed by atoms with van der Waals surface area (Å²) in [6.45, 7) is 3.73. The maximum atomic E-state index is 13.2. The standard InChI is InChI=1S/C20H20F2N4O2/c1-14(25-28-12-15-3-7-17(8-4-15)20(2,21)22)16-5-9-19(10-6-16)27-13-18-11-23-26-24-18/h3-10H,11-13H2,1-2H3/b25-14+. The average Bonchev–Trinajstić information content (AvgIpc) is 3.20. The van der Waals surface area contributed by atoms with Crippen molar-refractivity contribution in [2.45, 2.75) is 26.4 Å². The Hall–Kier alpha value is -3.16. The Kier molecular flexibility index (Phi) is 6.08. The second-order valence-corrected chi connectivity index (χ2v) is 6.40. The second kappa shape index (κ2) is 8.69. The molecule has 0 bridgehead atoms. The van der Waals surface area contributed by atoms with Crippen LogP contribution < -0.4 is 4.74 Å². The van der Waals surface area contributed by atoms with Crippen molar-refractivity contribution in [2.24, 2.45) is 20.6 Å². The summed E-state index contributed by atoms with van der Waals surface area (Å²) in [4.78, 5) is 5.34. The van der Waals surface area contributed by atoms with Crippen LogP contribution in [0.25, 0.3) is 0 Å². The van der Waals surface area contributed by atoms with Gasteiger partial charge in [-0.15, -0.1) is 5.10 Å². The van der Waals surface area contributed by atoms with Gasteiger partial charge in [0.1, 0.15) is 31.2 Å². The number of ether oxygens (including phenoxy) is 1. The monoisotopic (exact) mass is 386 g/mol. The van der Waals surface area contributed by atoms with Crippen molar-refractivity contribution in [2.75, 3.05) is 13.2 Å². The molecule has 3 rings (SSSR count). The van der Waals surface area contributed by atoms with E-state index in [1.807, 2.05) is 31.2 Å². The lowest BCUT2D eigenvalue weighted by molar-refractivity contribution is 0.0174. The molecule has 0 aromatic heterocycles. The fourth-order valence-corrected chi connectivity index (χ4v) is 2.42. The molecular weight excluding hydrogens is 366 g/mol.